The molecule has 1 amide bonds. The lowest BCUT2D eigenvalue weighted by molar-refractivity contribution is 0.102. The molecule has 3 rings (SSSR count). The number of amides is 1. The molecule has 0 saturated heterocycles. The summed E-state index contributed by atoms with van der Waals surface area (Å²) in [7, 11) is 0. The van der Waals surface area contributed by atoms with Crippen molar-refractivity contribution in [3.05, 3.63) is 76.3 Å². The summed E-state index contributed by atoms with van der Waals surface area (Å²) in [6, 6.07) is 18.7. The quantitative estimate of drug-likeness (QED) is 0.689. The molecule has 0 radical (unpaired) electrons. The molecule has 3 nitrogen and oxygen atoms in total. The van der Waals surface area contributed by atoms with Crippen molar-refractivity contribution in [1.82, 2.24) is 0 Å². The van der Waals surface area contributed by atoms with Crippen LogP contribution in [0.1, 0.15) is 28.9 Å². The zero-order valence-corrected chi connectivity index (χ0v) is 14.2. The smallest absolute Gasteiger partial charge is 0.256 e. The van der Waals surface area contributed by atoms with Gasteiger partial charge in [-0.05, 0) is 47.5 Å². The van der Waals surface area contributed by atoms with Crippen LogP contribution in [0.2, 0.25) is 0 Å². The summed E-state index contributed by atoms with van der Waals surface area (Å²) in [5, 5.41) is 14.3. The highest BCUT2D eigenvalue weighted by Gasteiger charge is 2.11. The molecule has 0 saturated carbocycles. The number of carbonyl (C=O) groups excluding carboxylic acids is 1. The number of benzene rings is 3. The number of rotatable bonds is 3. The van der Waals surface area contributed by atoms with Gasteiger partial charge in [0.25, 0.3) is 5.91 Å². The van der Waals surface area contributed by atoms with E-state index in [1.807, 2.05) is 36.4 Å². The van der Waals surface area contributed by atoms with Gasteiger partial charge >= 0.3 is 0 Å². The maximum Gasteiger partial charge on any atom is 0.256 e. The summed E-state index contributed by atoms with van der Waals surface area (Å²) in [6.07, 6.45) is -0.518. The van der Waals surface area contributed by atoms with Gasteiger partial charge in [-0.15, -0.1) is 0 Å². The molecule has 1 atom stereocenters. The molecule has 0 unspecified atom stereocenters. The molecule has 4 heteroatoms. The fourth-order valence-corrected chi connectivity index (χ4v) is 3.01. The molecule has 0 spiro atoms. The molecule has 0 aliphatic heterocycles. The highest BCUT2D eigenvalue weighted by molar-refractivity contribution is 9.10. The summed E-state index contributed by atoms with van der Waals surface area (Å²) in [6.45, 7) is 1.71. The van der Waals surface area contributed by atoms with Crippen LogP contribution in [-0.4, -0.2) is 11.0 Å². The minimum absolute atomic E-state index is 0.154. The Bertz CT molecular complexity index is 857. The van der Waals surface area contributed by atoms with Crippen LogP contribution >= 0.6 is 15.9 Å². The number of anilines is 1. The van der Waals surface area contributed by atoms with E-state index in [1.54, 1.807) is 31.2 Å². The van der Waals surface area contributed by atoms with Gasteiger partial charge in [0, 0.05) is 15.7 Å². The van der Waals surface area contributed by atoms with E-state index in [1.165, 1.54) is 0 Å². The van der Waals surface area contributed by atoms with Crippen molar-refractivity contribution in [2.45, 2.75) is 13.0 Å². The lowest BCUT2D eigenvalue weighted by atomic mass is 10.0. The van der Waals surface area contributed by atoms with Crippen LogP contribution in [0.5, 0.6) is 0 Å². The second-order valence-electron chi connectivity index (χ2n) is 5.39. The first-order valence-corrected chi connectivity index (χ1v) is 8.12. The molecular formula is C19H16BrNO2. The Morgan fingerprint density at radius 2 is 1.65 bits per heavy atom. The molecule has 3 aromatic carbocycles. The van der Waals surface area contributed by atoms with E-state index in [9.17, 15) is 9.90 Å². The average molecular weight is 370 g/mol. The van der Waals surface area contributed by atoms with Crippen molar-refractivity contribution in [1.29, 1.82) is 0 Å². The molecule has 0 bridgehead atoms. The number of nitrogens with one attached hydrogen (secondary N) is 1. The molecule has 0 heterocycles. The van der Waals surface area contributed by atoms with Crippen molar-refractivity contribution < 1.29 is 9.90 Å². The van der Waals surface area contributed by atoms with Crippen LogP contribution in [0.3, 0.4) is 0 Å². The molecule has 0 aliphatic carbocycles. The summed E-state index contributed by atoms with van der Waals surface area (Å²) in [5.41, 5.74) is 2.15. The average Bonchev–Trinajstić information content (AvgIpc) is 2.55. The minimum atomic E-state index is -0.518. The monoisotopic (exact) mass is 369 g/mol. The van der Waals surface area contributed by atoms with E-state index in [0.29, 0.717) is 11.3 Å². The van der Waals surface area contributed by atoms with Crippen LogP contribution in [0.4, 0.5) is 5.69 Å². The van der Waals surface area contributed by atoms with Crippen LogP contribution in [0.25, 0.3) is 10.8 Å². The van der Waals surface area contributed by atoms with Gasteiger partial charge in [0.15, 0.2) is 0 Å². The van der Waals surface area contributed by atoms with Crippen molar-refractivity contribution >= 4 is 38.3 Å². The van der Waals surface area contributed by atoms with E-state index in [4.69, 9.17) is 0 Å². The second-order valence-corrected chi connectivity index (χ2v) is 6.25. The van der Waals surface area contributed by atoms with Gasteiger partial charge in [-0.3, -0.25) is 4.79 Å². The standard InChI is InChI=1S/C19H16BrNO2/c1-12(22)13-8-10-14(11-9-13)21-19(23)17-6-2-5-16-15(17)4-3-7-18(16)20/h2-12,22H,1H3,(H,21,23)/t12-/m1/s1. The first kappa shape index (κ1) is 15.7. The van der Waals surface area contributed by atoms with E-state index < -0.39 is 6.10 Å². The van der Waals surface area contributed by atoms with Gasteiger partial charge < -0.3 is 10.4 Å². The first-order chi connectivity index (χ1) is 11.1. The van der Waals surface area contributed by atoms with Gasteiger partial charge in [0.2, 0.25) is 0 Å². The molecule has 0 fully saturated rings. The number of aliphatic hydroxyl groups is 1. The van der Waals surface area contributed by atoms with E-state index >= 15 is 0 Å². The van der Waals surface area contributed by atoms with Gasteiger partial charge in [0.1, 0.15) is 0 Å². The normalized spacial score (nSPS) is 12.1. The fraction of sp³-hybridized carbons (Fsp3) is 0.105. The Morgan fingerprint density at radius 1 is 1.00 bits per heavy atom. The summed E-state index contributed by atoms with van der Waals surface area (Å²) < 4.78 is 0.964. The summed E-state index contributed by atoms with van der Waals surface area (Å²) >= 11 is 3.51. The second kappa shape index (κ2) is 6.52. The van der Waals surface area contributed by atoms with Crippen LogP contribution < -0.4 is 5.32 Å². The van der Waals surface area contributed by atoms with E-state index in [0.717, 1.165) is 20.8 Å². The zero-order valence-electron chi connectivity index (χ0n) is 12.6. The maximum atomic E-state index is 12.6. The Hall–Kier alpha value is -2.17. The van der Waals surface area contributed by atoms with Gasteiger partial charge in [0.05, 0.1) is 6.10 Å². The number of hydrogen-bond donors (Lipinski definition) is 2. The molecule has 23 heavy (non-hydrogen) atoms. The van der Waals surface area contributed by atoms with E-state index in [2.05, 4.69) is 21.2 Å². The highest BCUT2D eigenvalue weighted by atomic mass is 79.9. The lowest BCUT2D eigenvalue weighted by Crippen LogP contribution is -2.12. The Labute approximate surface area is 143 Å². The third-order valence-electron chi connectivity index (χ3n) is 3.76. The Balaban J connectivity index is 1.90. The molecule has 116 valence electrons. The lowest BCUT2D eigenvalue weighted by Gasteiger charge is -2.10. The van der Waals surface area contributed by atoms with Crippen molar-refractivity contribution in [3.63, 3.8) is 0 Å². The van der Waals surface area contributed by atoms with Gasteiger partial charge in [-0.2, -0.15) is 0 Å². The van der Waals surface area contributed by atoms with Gasteiger partial charge in [-0.1, -0.05) is 52.3 Å². The Morgan fingerprint density at radius 3 is 2.35 bits per heavy atom. The third-order valence-corrected chi connectivity index (χ3v) is 4.46. The van der Waals surface area contributed by atoms with Crippen LogP contribution in [0.15, 0.2) is 65.1 Å². The number of fused-ring (bicyclic) bond motifs is 1. The SMILES string of the molecule is C[C@@H](O)c1ccc(NC(=O)c2cccc3c(Br)cccc23)cc1. The minimum Gasteiger partial charge on any atom is -0.389 e. The number of hydrogen-bond acceptors (Lipinski definition) is 2. The number of halogens is 1. The first-order valence-electron chi connectivity index (χ1n) is 7.33. The summed E-state index contributed by atoms with van der Waals surface area (Å²) in [5.74, 6) is -0.154. The molecule has 2 N–H and O–H groups in total. The fourth-order valence-electron chi connectivity index (χ4n) is 2.51. The summed E-state index contributed by atoms with van der Waals surface area (Å²) in [4.78, 5) is 12.6. The molecular weight excluding hydrogens is 354 g/mol. The van der Waals surface area contributed by atoms with Crippen LogP contribution in [0, 0.1) is 0 Å². The molecule has 3 aromatic rings. The van der Waals surface area contributed by atoms with Crippen molar-refractivity contribution in [2.24, 2.45) is 0 Å². The number of aliphatic hydroxyl groups excluding tert-OH is 1. The predicted octanol–water partition coefficient (Wildman–Crippen LogP) is 4.91. The van der Waals surface area contributed by atoms with E-state index in [-0.39, 0.29) is 5.91 Å². The highest BCUT2D eigenvalue weighted by Crippen LogP contribution is 2.27. The maximum absolute atomic E-state index is 12.6. The predicted molar refractivity (Wildman–Crippen MR) is 96.7 cm³/mol. The van der Waals surface area contributed by atoms with Crippen molar-refractivity contribution in [2.75, 3.05) is 5.32 Å². The van der Waals surface area contributed by atoms with Crippen LogP contribution in [-0.2, 0) is 0 Å². The topological polar surface area (TPSA) is 49.3 Å². The molecule has 0 aromatic heterocycles. The third kappa shape index (κ3) is 3.28. The van der Waals surface area contributed by atoms with Gasteiger partial charge in [-0.25, -0.2) is 0 Å². The largest absolute Gasteiger partial charge is 0.389 e. The zero-order chi connectivity index (χ0) is 16.4. The Kier molecular flexibility index (Phi) is 4.46. The molecule has 0 aliphatic rings. The number of carbonyl (C=O) groups is 1. The van der Waals surface area contributed by atoms with Crippen molar-refractivity contribution in [3.8, 4) is 0 Å².